The van der Waals surface area contributed by atoms with Crippen molar-refractivity contribution in [2.24, 2.45) is 0 Å². The monoisotopic (exact) mass is 324 g/mol. The minimum atomic E-state index is -0.107. The van der Waals surface area contributed by atoms with Crippen LogP contribution in [0.3, 0.4) is 0 Å². The molecule has 138 valence electrons. The Morgan fingerprint density at radius 2 is 1.00 bits per heavy atom. The standard InChI is InChI=1S/C22H44O/c1-3-4-5-6-7-8-9-10-11-12-13-14-15-16-17-18-19-20-21-22(2)23/h10-11,22-23H,3-9,12-21H2,1-2H3/b11-10-. The molecule has 0 spiro atoms. The number of aliphatic hydroxyl groups is 1. The van der Waals surface area contributed by atoms with Crippen molar-refractivity contribution >= 4 is 0 Å². The van der Waals surface area contributed by atoms with E-state index in [0.717, 1.165) is 6.42 Å². The van der Waals surface area contributed by atoms with Crippen molar-refractivity contribution in [2.45, 2.75) is 129 Å². The van der Waals surface area contributed by atoms with E-state index in [1.54, 1.807) is 0 Å². The quantitative estimate of drug-likeness (QED) is 0.203. The Hall–Kier alpha value is -0.300. The minimum absolute atomic E-state index is 0.107. The number of hydrogen-bond acceptors (Lipinski definition) is 1. The molecule has 0 aliphatic rings. The lowest BCUT2D eigenvalue weighted by Gasteiger charge is -2.04. The predicted octanol–water partition coefficient (Wildman–Crippen LogP) is 7.58. The van der Waals surface area contributed by atoms with Crippen LogP contribution in [0.15, 0.2) is 12.2 Å². The molecule has 0 saturated carbocycles. The van der Waals surface area contributed by atoms with Crippen molar-refractivity contribution < 1.29 is 5.11 Å². The Morgan fingerprint density at radius 1 is 0.609 bits per heavy atom. The number of aliphatic hydroxyl groups excluding tert-OH is 1. The first-order valence-electron chi connectivity index (χ1n) is 10.6. The van der Waals surface area contributed by atoms with E-state index in [0.29, 0.717) is 0 Å². The Labute approximate surface area is 147 Å². The smallest absolute Gasteiger partial charge is 0.0512 e. The normalized spacial score (nSPS) is 13.0. The maximum absolute atomic E-state index is 9.18. The topological polar surface area (TPSA) is 20.2 Å². The summed E-state index contributed by atoms with van der Waals surface area (Å²) in [4.78, 5) is 0. The zero-order valence-electron chi connectivity index (χ0n) is 16.2. The molecule has 1 unspecified atom stereocenters. The van der Waals surface area contributed by atoms with Crippen LogP contribution in [0.5, 0.6) is 0 Å². The van der Waals surface area contributed by atoms with Crippen LogP contribution in [0.25, 0.3) is 0 Å². The van der Waals surface area contributed by atoms with Crippen molar-refractivity contribution in [3.05, 3.63) is 12.2 Å². The van der Waals surface area contributed by atoms with Crippen molar-refractivity contribution in [3.63, 3.8) is 0 Å². The Balaban J connectivity index is 3.05. The van der Waals surface area contributed by atoms with Gasteiger partial charge in [-0.3, -0.25) is 0 Å². The highest BCUT2D eigenvalue weighted by Crippen LogP contribution is 2.12. The molecule has 1 heteroatoms. The molecule has 0 amide bonds. The first-order chi connectivity index (χ1) is 11.3. The van der Waals surface area contributed by atoms with Crippen LogP contribution in [0.1, 0.15) is 123 Å². The maximum atomic E-state index is 9.18. The van der Waals surface area contributed by atoms with E-state index in [2.05, 4.69) is 19.1 Å². The van der Waals surface area contributed by atoms with Gasteiger partial charge in [0.2, 0.25) is 0 Å². The van der Waals surface area contributed by atoms with E-state index in [4.69, 9.17) is 0 Å². The summed E-state index contributed by atoms with van der Waals surface area (Å²) < 4.78 is 0. The molecular weight excluding hydrogens is 280 g/mol. The number of allylic oxidation sites excluding steroid dienone is 2. The van der Waals surface area contributed by atoms with E-state index in [9.17, 15) is 5.11 Å². The second kappa shape index (κ2) is 19.7. The lowest BCUT2D eigenvalue weighted by atomic mass is 10.1. The van der Waals surface area contributed by atoms with Gasteiger partial charge in [0.15, 0.2) is 0 Å². The lowest BCUT2D eigenvalue weighted by molar-refractivity contribution is 0.180. The molecule has 0 rings (SSSR count). The van der Waals surface area contributed by atoms with Crippen molar-refractivity contribution in [2.75, 3.05) is 0 Å². The Bertz CT molecular complexity index is 232. The zero-order valence-corrected chi connectivity index (χ0v) is 16.2. The SMILES string of the molecule is CCCCCCCC/C=C\CCCCCCCCCCC(C)O. The molecule has 0 heterocycles. The average Bonchev–Trinajstić information content (AvgIpc) is 2.53. The molecule has 1 atom stereocenters. The van der Waals surface area contributed by atoms with Crippen molar-refractivity contribution in [1.29, 1.82) is 0 Å². The first kappa shape index (κ1) is 22.7. The van der Waals surface area contributed by atoms with Gasteiger partial charge in [-0.05, 0) is 39.0 Å². The summed E-state index contributed by atoms with van der Waals surface area (Å²) in [6.07, 6.45) is 27.5. The van der Waals surface area contributed by atoms with E-state index < -0.39 is 0 Å². The minimum Gasteiger partial charge on any atom is -0.393 e. The van der Waals surface area contributed by atoms with Gasteiger partial charge < -0.3 is 5.11 Å². The zero-order chi connectivity index (χ0) is 17.0. The van der Waals surface area contributed by atoms with Gasteiger partial charge in [0.1, 0.15) is 0 Å². The highest BCUT2D eigenvalue weighted by Gasteiger charge is 1.96. The summed E-state index contributed by atoms with van der Waals surface area (Å²) in [5.74, 6) is 0. The predicted molar refractivity (Wildman–Crippen MR) is 105 cm³/mol. The molecule has 1 N–H and O–H groups in total. The largest absolute Gasteiger partial charge is 0.393 e. The fraction of sp³-hybridized carbons (Fsp3) is 0.909. The number of hydrogen-bond donors (Lipinski definition) is 1. The lowest BCUT2D eigenvalue weighted by Crippen LogP contribution is -1.98. The van der Waals surface area contributed by atoms with Gasteiger partial charge in [0.05, 0.1) is 6.10 Å². The average molecular weight is 325 g/mol. The second-order valence-corrected chi connectivity index (χ2v) is 7.28. The molecule has 0 aromatic rings. The van der Waals surface area contributed by atoms with Crippen LogP contribution in [0.2, 0.25) is 0 Å². The van der Waals surface area contributed by atoms with Crippen molar-refractivity contribution in [3.8, 4) is 0 Å². The Kier molecular flexibility index (Phi) is 19.5. The summed E-state index contributed by atoms with van der Waals surface area (Å²) >= 11 is 0. The van der Waals surface area contributed by atoms with Gasteiger partial charge in [0, 0.05) is 0 Å². The third kappa shape index (κ3) is 21.7. The van der Waals surface area contributed by atoms with Crippen LogP contribution in [0, 0.1) is 0 Å². The van der Waals surface area contributed by atoms with Gasteiger partial charge in [-0.1, -0.05) is 96.1 Å². The molecule has 0 aliphatic heterocycles. The molecule has 0 radical (unpaired) electrons. The van der Waals surface area contributed by atoms with Gasteiger partial charge in [-0.15, -0.1) is 0 Å². The number of rotatable bonds is 18. The fourth-order valence-electron chi connectivity index (χ4n) is 3.04. The van der Waals surface area contributed by atoms with Crippen LogP contribution in [-0.2, 0) is 0 Å². The summed E-state index contributed by atoms with van der Waals surface area (Å²) in [5, 5.41) is 9.18. The summed E-state index contributed by atoms with van der Waals surface area (Å²) in [5.41, 5.74) is 0. The van der Waals surface area contributed by atoms with E-state index >= 15 is 0 Å². The molecule has 0 saturated heterocycles. The second-order valence-electron chi connectivity index (χ2n) is 7.28. The highest BCUT2D eigenvalue weighted by atomic mass is 16.3. The summed E-state index contributed by atoms with van der Waals surface area (Å²) in [6.45, 7) is 4.17. The van der Waals surface area contributed by atoms with Crippen LogP contribution in [0.4, 0.5) is 0 Å². The van der Waals surface area contributed by atoms with Crippen LogP contribution < -0.4 is 0 Å². The number of unbranched alkanes of at least 4 members (excludes halogenated alkanes) is 14. The molecule has 0 aromatic carbocycles. The molecule has 0 fully saturated rings. The Morgan fingerprint density at radius 3 is 1.43 bits per heavy atom. The van der Waals surface area contributed by atoms with Gasteiger partial charge in [-0.25, -0.2) is 0 Å². The van der Waals surface area contributed by atoms with E-state index in [1.807, 2.05) is 6.92 Å². The molecule has 0 aliphatic carbocycles. The third-order valence-corrected chi connectivity index (χ3v) is 4.63. The van der Waals surface area contributed by atoms with Crippen molar-refractivity contribution in [1.82, 2.24) is 0 Å². The molecule has 23 heavy (non-hydrogen) atoms. The molecule has 0 aromatic heterocycles. The molecule has 0 bridgehead atoms. The first-order valence-corrected chi connectivity index (χ1v) is 10.6. The van der Waals surface area contributed by atoms with E-state index in [1.165, 1.54) is 103 Å². The maximum Gasteiger partial charge on any atom is 0.0512 e. The third-order valence-electron chi connectivity index (χ3n) is 4.63. The van der Waals surface area contributed by atoms with Gasteiger partial charge >= 0.3 is 0 Å². The molecule has 1 nitrogen and oxygen atoms in total. The summed E-state index contributed by atoms with van der Waals surface area (Å²) in [7, 11) is 0. The highest BCUT2D eigenvalue weighted by molar-refractivity contribution is 4.81. The van der Waals surface area contributed by atoms with Gasteiger partial charge in [0.25, 0.3) is 0 Å². The van der Waals surface area contributed by atoms with E-state index in [-0.39, 0.29) is 6.10 Å². The van der Waals surface area contributed by atoms with Crippen LogP contribution >= 0.6 is 0 Å². The van der Waals surface area contributed by atoms with Crippen LogP contribution in [-0.4, -0.2) is 11.2 Å². The van der Waals surface area contributed by atoms with Gasteiger partial charge in [-0.2, -0.15) is 0 Å². The fourth-order valence-corrected chi connectivity index (χ4v) is 3.04. The molecular formula is C22H44O. The summed E-state index contributed by atoms with van der Waals surface area (Å²) in [6, 6.07) is 0.